The Labute approximate surface area is 285 Å². The maximum atomic E-state index is 15.2. The third-order valence-corrected chi connectivity index (χ3v) is 10.8. The van der Waals surface area contributed by atoms with Crippen molar-refractivity contribution in [2.45, 2.75) is 78.2 Å². The summed E-state index contributed by atoms with van der Waals surface area (Å²) in [4.78, 5) is 49.9. The van der Waals surface area contributed by atoms with Gasteiger partial charge in [0.25, 0.3) is 5.91 Å². The molecule has 2 aromatic rings. The Kier molecular flexibility index (Phi) is 9.96. The number of aliphatic hydroxyl groups excluding tert-OH is 1. The number of hydrogen-bond donors (Lipinski definition) is 1. The van der Waals surface area contributed by atoms with E-state index in [2.05, 4.69) is 13.2 Å². The average Bonchev–Trinajstić information content (AvgIpc) is 3.56. The van der Waals surface area contributed by atoms with Gasteiger partial charge in [0.15, 0.2) is 0 Å². The molecule has 5 rings (SSSR count). The van der Waals surface area contributed by atoms with Crippen LogP contribution in [-0.2, 0) is 19.1 Å². The highest BCUT2D eigenvalue weighted by Gasteiger charge is 2.80. The van der Waals surface area contributed by atoms with E-state index in [9.17, 15) is 14.7 Å². The van der Waals surface area contributed by atoms with Crippen molar-refractivity contribution in [1.82, 2.24) is 4.90 Å². The number of fused-ring (bicyclic) bond motifs is 1. The van der Waals surface area contributed by atoms with Gasteiger partial charge in [0, 0.05) is 24.5 Å². The molecule has 3 saturated heterocycles. The van der Waals surface area contributed by atoms with Crippen LogP contribution in [0.1, 0.15) is 52.2 Å². The molecular formula is C39H51N3O6. The summed E-state index contributed by atoms with van der Waals surface area (Å²) in [5, 5.41) is 10.7. The lowest BCUT2D eigenvalue weighted by molar-refractivity contribution is -0.150. The molecule has 48 heavy (non-hydrogen) atoms. The van der Waals surface area contributed by atoms with Crippen LogP contribution < -0.4 is 14.5 Å². The Morgan fingerprint density at radius 2 is 1.73 bits per heavy atom. The lowest BCUT2D eigenvalue weighted by atomic mass is 9.62. The zero-order chi connectivity index (χ0) is 35.1. The highest BCUT2D eigenvalue weighted by atomic mass is 16.5. The first-order chi connectivity index (χ1) is 22.8. The monoisotopic (exact) mass is 657 g/mol. The van der Waals surface area contributed by atoms with Crippen LogP contribution in [0.25, 0.3) is 0 Å². The van der Waals surface area contributed by atoms with Crippen molar-refractivity contribution < 1.29 is 29.0 Å². The molecule has 7 atom stereocenters. The van der Waals surface area contributed by atoms with Gasteiger partial charge in [0.1, 0.15) is 17.4 Å². The first kappa shape index (κ1) is 35.4. The van der Waals surface area contributed by atoms with Crippen molar-refractivity contribution >= 4 is 29.1 Å². The summed E-state index contributed by atoms with van der Waals surface area (Å²) in [5.41, 5.74) is 0.981. The van der Waals surface area contributed by atoms with Crippen molar-refractivity contribution in [3.63, 3.8) is 0 Å². The normalized spacial score (nSPS) is 27.9. The summed E-state index contributed by atoms with van der Waals surface area (Å²) in [6, 6.07) is 11.5. The second-order valence-corrected chi connectivity index (χ2v) is 14.1. The number of anilines is 2. The number of likely N-dealkylation sites (tertiary alicyclic amines) is 1. The molecule has 0 aliphatic carbocycles. The fourth-order valence-corrected chi connectivity index (χ4v) is 8.41. The smallest absolute Gasteiger partial charge is 0.253 e. The summed E-state index contributed by atoms with van der Waals surface area (Å²) in [7, 11) is 0. The number of rotatable bonds is 13. The molecule has 0 aromatic heterocycles. The minimum Gasteiger partial charge on any atom is -0.494 e. The van der Waals surface area contributed by atoms with Crippen LogP contribution in [-0.4, -0.2) is 77.3 Å². The second kappa shape index (κ2) is 13.5. The first-order valence-electron chi connectivity index (χ1n) is 17.1. The Morgan fingerprint density at radius 1 is 1.08 bits per heavy atom. The van der Waals surface area contributed by atoms with Crippen molar-refractivity contribution in [2.75, 3.05) is 36.1 Å². The Bertz CT molecular complexity index is 1570. The molecule has 0 radical (unpaired) electrons. The lowest BCUT2D eigenvalue weighted by Gasteiger charge is -2.41. The molecule has 1 N–H and O–H groups in total. The minimum atomic E-state index is -1.28. The highest BCUT2D eigenvalue weighted by molar-refractivity contribution is 6.07. The van der Waals surface area contributed by atoms with E-state index < -0.39 is 35.1 Å². The zero-order valence-electron chi connectivity index (χ0n) is 29.4. The standard InChI is InChI=1S/C39H51N3O6/c1-10-19-40(28-15-17-29(18-16-28)47-12-3)35(44)32-33-36(45)42(31(23-43)24(4)5)34(39(33)22-27(8)38(32,9)48-39)37(46)41(20-11-2)30-21-25(6)13-14-26(30)7/h10-11,13-18,21,24,27,31-34,43H,1-2,12,19-20,22-23H2,3-9H3/t27?,31-,32-,33-,34?,38+,39?/m0/s1. The molecule has 3 heterocycles. The van der Waals surface area contributed by atoms with E-state index in [4.69, 9.17) is 9.47 Å². The molecule has 3 fully saturated rings. The Morgan fingerprint density at radius 3 is 2.31 bits per heavy atom. The molecule has 1 spiro atoms. The van der Waals surface area contributed by atoms with E-state index in [1.54, 1.807) is 26.9 Å². The second-order valence-electron chi connectivity index (χ2n) is 14.1. The van der Waals surface area contributed by atoms with E-state index in [1.165, 1.54) is 0 Å². The van der Waals surface area contributed by atoms with Crippen molar-refractivity contribution in [1.29, 1.82) is 0 Å². The van der Waals surface area contributed by atoms with E-state index in [1.807, 2.05) is 90.9 Å². The highest BCUT2D eigenvalue weighted by Crippen LogP contribution is 2.66. The summed E-state index contributed by atoms with van der Waals surface area (Å²) in [6.45, 7) is 22.1. The maximum absolute atomic E-state index is 15.2. The van der Waals surface area contributed by atoms with Crippen LogP contribution in [0.5, 0.6) is 5.75 Å². The molecule has 3 aliphatic rings. The molecule has 258 valence electrons. The molecule has 9 heteroatoms. The van der Waals surface area contributed by atoms with Gasteiger partial charge in [0.2, 0.25) is 11.8 Å². The van der Waals surface area contributed by atoms with Crippen LogP contribution >= 0.6 is 0 Å². The molecular weight excluding hydrogens is 606 g/mol. The van der Waals surface area contributed by atoms with Crippen molar-refractivity contribution in [3.05, 3.63) is 78.9 Å². The largest absolute Gasteiger partial charge is 0.494 e. The summed E-state index contributed by atoms with van der Waals surface area (Å²) in [6.07, 6.45) is 3.76. The predicted octanol–water partition coefficient (Wildman–Crippen LogP) is 5.47. The fraction of sp³-hybridized carbons (Fsp3) is 0.513. The molecule has 3 unspecified atom stereocenters. The molecule has 0 saturated carbocycles. The number of nitrogens with zero attached hydrogens (tertiary/aromatic N) is 3. The van der Waals surface area contributed by atoms with Gasteiger partial charge in [-0.15, -0.1) is 13.2 Å². The Balaban J connectivity index is 1.66. The van der Waals surface area contributed by atoms with E-state index in [0.717, 1.165) is 16.8 Å². The molecule has 3 aliphatic heterocycles. The molecule has 2 bridgehead atoms. The van der Waals surface area contributed by atoms with Crippen molar-refractivity contribution in [3.8, 4) is 5.75 Å². The average molecular weight is 658 g/mol. The molecule has 3 amide bonds. The lowest BCUT2D eigenvalue weighted by Crippen LogP contribution is -2.60. The van der Waals surface area contributed by atoms with Gasteiger partial charge in [0.05, 0.1) is 36.7 Å². The van der Waals surface area contributed by atoms with Crippen molar-refractivity contribution in [2.24, 2.45) is 23.7 Å². The summed E-state index contributed by atoms with van der Waals surface area (Å²) in [5.74, 6) is -2.32. The zero-order valence-corrected chi connectivity index (χ0v) is 29.4. The number of carbonyl (C=O) groups excluding carboxylic acids is 3. The number of ether oxygens (including phenoxy) is 2. The van der Waals surface area contributed by atoms with Gasteiger partial charge in [-0.3, -0.25) is 14.4 Å². The number of benzene rings is 2. The number of amides is 3. The van der Waals surface area contributed by atoms with Crippen LogP contribution in [0.2, 0.25) is 0 Å². The van der Waals surface area contributed by atoms with E-state index in [-0.39, 0.29) is 49.3 Å². The SMILES string of the molecule is C=CCN(C(=O)[C@@H]1[C@H]2C(=O)N([C@@H](CO)C(C)C)C(C(=O)N(CC=C)c3cc(C)ccc3C)C23CC(C)[C@@]1(C)O3)c1ccc(OCC)cc1. The number of carbonyl (C=O) groups is 3. The van der Waals surface area contributed by atoms with E-state index >= 15 is 4.79 Å². The topological polar surface area (TPSA) is 99.6 Å². The molecule has 9 nitrogen and oxygen atoms in total. The van der Waals surface area contributed by atoms with Gasteiger partial charge in [-0.05, 0) is 87.4 Å². The quantitative estimate of drug-likeness (QED) is 0.287. The molecule has 2 aromatic carbocycles. The van der Waals surface area contributed by atoms with Gasteiger partial charge < -0.3 is 29.3 Å². The van der Waals surface area contributed by atoms with E-state index in [0.29, 0.717) is 24.5 Å². The van der Waals surface area contributed by atoms with Crippen LogP contribution in [0.4, 0.5) is 11.4 Å². The third kappa shape index (κ3) is 5.54. The van der Waals surface area contributed by atoms with Crippen LogP contribution in [0.3, 0.4) is 0 Å². The summed E-state index contributed by atoms with van der Waals surface area (Å²) < 4.78 is 12.7. The first-order valence-corrected chi connectivity index (χ1v) is 17.1. The van der Waals surface area contributed by atoms with Gasteiger partial charge in [-0.2, -0.15) is 0 Å². The third-order valence-electron chi connectivity index (χ3n) is 10.8. The van der Waals surface area contributed by atoms with Gasteiger partial charge in [-0.25, -0.2) is 0 Å². The maximum Gasteiger partial charge on any atom is 0.253 e. The van der Waals surface area contributed by atoms with Crippen LogP contribution in [0, 0.1) is 37.5 Å². The number of hydrogen-bond acceptors (Lipinski definition) is 6. The Hall–Kier alpha value is -3.95. The minimum absolute atomic E-state index is 0.142. The van der Waals surface area contributed by atoms with Crippen LogP contribution in [0.15, 0.2) is 67.8 Å². The summed E-state index contributed by atoms with van der Waals surface area (Å²) >= 11 is 0. The van der Waals surface area contributed by atoms with Gasteiger partial charge >= 0.3 is 0 Å². The number of aryl methyl sites for hydroxylation is 2. The number of aliphatic hydroxyl groups is 1. The fourth-order valence-electron chi connectivity index (χ4n) is 8.41. The predicted molar refractivity (Wildman–Crippen MR) is 188 cm³/mol. The van der Waals surface area contributed by atoms with Gasteiger partial charge in [-0.1, -0.05) is 45.1 Å².